The molecule has 0 radical (unpaired) electrons. The van der Waals surface area contributed by atoms with Crippen LogP contribution in [0.15, 0.2) is 224 Å². The first-order valence-electron chi connectivity index (χ1n) is 19.1. The Morgan fingerprint density at radius 2 is 0.714 bits per heavy atom. The summed E-state index contributed by atoms with van der Waals surface area (Å²) in [6, 6.07) is 81.2. The molecule has 0 spiro atoms. The highest BCUT2D eigenvalue weighted by Crippen LogP contribution is 2.46. The van der Waals surface area contributed by atoms with Crippen molar-refractivity contribution < 1.29 is 0 Å². The fraction of sp³-hybridized carbons (Fsp3) is 0. The average Bonchev–Trinajstić information content (AvgIpc) is 3.67. The molecule has 0 N–H and O–H groups in total. The first-order chi connectivity index (χ1) is 27.8. The van der Waals surface area contributed by atoms with Gasteiger partial charge in [-0.05, 0) is 104 Å². The molecule has 0 amide bonds. The van der Waals surface area contributed by atoms with E-state index in [9.17, 15) is 0 Å². The van der Waals surface area contributed by atoms with Crippen LogP contribution in [0.1, 0.15) is 0 Å². The van der Waals surface area contributed by atoms with Crippen molar-refractivity contribution in [2.45, 2.75) is 0 Å². The van der Waals surface area contributed by atoms with Crippen LogP contribution in [0.4, 0.5) is 17.1 Å². The fourth-order valence-electron chi connectivity index (χ4n) is 8.04. The van der Waals surface area contributed by atoms with Gasteiger partial charge in [0.05, 0.1) is 5.69 Å². The Balaban J connectivity index is 1.08. The van der Waals surface area contributed by atoms with Gasteiger partial charge in [0.2, 0.25) is 0 Å². The van der Waals surface area contributed by atoms with Gasteiger partial charge in [-0.2, -0.15) is 0 Å². The van der Waals surface area contributed by atoms with Crippen LogP contribution in [-0.2, 0) is 0 Å². The lowest BCUT2D eigenvalue weighted by Crippen LogP contribution is -2.10. The van der Waals surface area contributed by atoms with Crippen LogP contribution >= 0.6 is 11.3 Å². The van der Waals surface area contributed by atoms with Crippen molar-refractivity contribution in [1.29, 1.82) is 0 Å². The molecule has 0 fully saturated rings. The van der Waals surface area contributed by atoms with Crippen molar-refractivity contribution in [2.24, 2.45) is 0 Å². The highest BCUT2D eigenvalue weighted by molar-refractivity contribution is 7.26. The molecular formula is C54H37NS. The Morgan fingerprint density at radius 3 is 1.32 bits per heavy atom. The molecule has 264 valence electrons. The number of benzene rings is 9. The third-order valence-electron chi connectivity index (χ3n) is 10.7. The molecule has 1 heterocycles. The van der Waals surface area contributed by atoms with Gasteiger partial charge in [0, 0.05) is 31.5 Å². The predicted molar refractivity (Wildman–Crippen MR) is 241 cm³/mol. The zero-order valence-electron chi connectivity index (χ0n) is 30.7. The summed E-state index contributed by atoms with van der Waals surface area (Å²) in [6.45, 7) is 0. The number of thiophene rings is 1. The summed E-state index contributed by atoms with van der Waals surface area (Å²) < 4.78 is 2.58. The van der Waals surface area contributed by atoms with E-state index in [4.69, 9.17) is 0 Å². The largest absolute Gasteiger partial charge is 0.310 e. The Morgan fingerprint density at radius 1 is 0.286 bits per heavy atom. The molecule has 0 atom stereocenters. The SMILES string of the molecule is c1ccc(-c2cccc(-c3ccccc3-c3ccc(N(c4ccc(-c5ccccc5-c5ccccc5)cc4)c4cccc5sc6ccccc6c45)cc3)c2)cc1. The van der Waals surface area contributed by atoms with Crippen molar-refractivity contribution in [3.8, 4) is 55.6 Å². The second-order valence-corrected chi connectivity index (χ2v) is 15.2. The van der Waals surface area contributed by atoms with Gasteiger partial charge in [-0.3, -0.25) is 0 Å². The van der Waals surface area contributed by atoms with Crippen molar-refractivity contribution in [3.05, 3.63) is 224 Å². The normalized spacial score (nSPS) is 11.2. The van der Waals surface area contributed by atoms with Gasteiger partial charge in [-0.15, -0.1) is 11.3 Å². The van der Waals surface area contributed by atoms with Gasteiger partial charge in [0.1, 0.15) is 0 Å². The molecule has 2 heteroatoms. The minimum atomic E-state index is 1.11. The lowest BCUT2D eigenvalue weighted by atomic mass is 9.92. The minimum Gasteiger partial charge on any atom is -0.310 e. The Hall–Kier alpha value is -7.00. The fourth-order valence-corrected chi connectivity index (χ4v) is 9.16. The summed E-state index contributed by atoms with van der Waals surface area (Å²) in [5.41, 5.74) is 15.5. The van der Waals surface area contributed by atoms with E-state index < -0.39 is 0 Å². The first-order valence-corrected chi connectivity index (χ1v) is 19.9. The molecule has 1 nitrogen and oxygen atoms in total. The van der Waals surface area contributed by atoms with Gasteiger partial charge in [0.25, 0.3) is 0 Å². The summed E-state index contributed by atoms with van der Waals surface area (Å²) in [5, 5.41) is 2.56. The Labute approximate surface area is 332 Å². The third kappa shape index (κ3) is 6.26. The maximum absolute atomic E-state index is 2.42. The average molecular weight is 732 g/mol. The zero-order chi connectivity index (χ0) is 37.3. The molecule has 0 saturated heterocycles. The van der Waals surface area contributed by atoms with Gasteiger partial charge in [-0.1, -0.05) is 176 Å². The Bertz CT molecular complexity index is 2940. The van der Waals surface area contributed by atoms with E-state index in [1.807, 2.05) is 11.3 Å². The summed E-state index contributed by atoms with van der Waals surface area (Å²) in [6.07, 6.45) is 0. The van der Waals surface area contributed by atoms with Gasteiger partial charge >= 0.3 is 0 Å². The van der Waals surface area contributed by atoms with Crippen LogP contribution in [0.3, 0.4) is 0 Å². The summed E-state index contributed by atoms with van der Waals surface area (Å²) >= 11 is 1.85. The second-order valence-electron chi connectivity index (χ2n) is 14.1. The molecule has 1 aromatic heterocycles. The highest BCUT2D eigenvalue weighted by atomic mass is 32.1. The Kier molecular flexibility index (Phi) is 8.79. The maximum atomic E-state index is 2.42. The molecule has 9 aromatic carbocycles. The summed E-state index contributed by atoms with van der Waals surface area (Å²) in [4.78, 5) is 2.42. The monoisotopic (exact) mass is 731 g/mol. The molecule has 0 aliphatic rings. The van der Waals surface area contributed by atoms with E-state index in [1.165, 1.54) is 81.5 Å². The molecule has 0 unspecified atom stereocenters. The lowest BCUT2D eigenvalue weighted by Gasteiger charge is -2.27. The topological polar surface area (TPSA) is 3.24 Å². The van der Waals surface area contributed by atoms with Crippen molar-refractivity contribution in [2.75, 3.05) is 4.90 Å². The van der Waals surface area contributed by atoms with E-state index in [0.29, 0.717) is 0 Å². The standard InChI is InChI=1S/C54H37NS/c1-3-15-38(16-4-1)42-19-13-20-43(37-42)49-24-10-9-23-48(49)41-31-35-45(36-32-41)55(51-26-14-28-53-54(51)50-25-11-12-27-52(50)56-53)44-33-29-40(30-34-44)47-22-8-7-21-46(47)39-17-5-2-6-18-39/h1-37H. The molecular weight excluding hydrogens is 695 g/mol. The molecule has 0 aliphatic carbocycles. The molecule has 10 rings (SSSR count). The smallest absolute Gasteiger partial charge is 0.0554 e. The van der Waals surface area contributed by atoms with Crippen LogP contribution < -0.4 is 4.90 Å². The van der Waals surface area contributed by atoms with E-state index >= 15 is 0 Å². The number of fused-ring (bicyclic) bond motifs is 3. The van der Waals surface area contributed by atoms with E-state index in [2.05, 4.69) is 229 Å². The number of nitrogens with zero attached hydrogens (tertiary/aromatic N) is 1. The first kappa shape index (κ1) is 33.6. The number of hydrogen-bond donors (Lipinski definition) is 0. The lowest BCUT2D eigenvalue weighted by molar-refractivity contribution is 1.30. The van der Waals surface area contributed by atoms with Crippen LogP contribution in [0.25, 0.3) is 75.8 Å². The third-order valence-corrected chi connectivity index (χ3v) is 11.9. The van der Waals surface area contributed by atoms with E-state index in [1.54, 1.807) is 0 Å². The highest BCUT2D eigenvalue weighted by Gasteiger charge is 2.19. The summed E-state index contributed by atoms with van der Waals surface area (Å²) in [7, 11) is 0. The maximum Gasteiger partial charge on any atom is 0.0554 e. The summed E-state index contributed by atoms with van der Waals surface area (Å²) in [5.74, 6) is 0. The molecule has 56 heavy (non-hydrogen) atoms. The van der Waals surface area contributed by atoms with Crippen molar-refractivity contribution >= 4 is 48.6 Å². The van der Waals surface area contributed by atoms with Crippen LogP contribution in [0.5, 0.6) is 0 Å². The molecule has 0 saturated carbocycles. The van der Waals surface area contributed by atoms with Crippen LogP contribution in [0.2, 0.25) is 0 Å². The quantitative estimate of drug-likeness (QED) is 0.150. The van der Waals surface area contributed by atoms with E-state index in [0.717, 1.165) is 11.4 Å². The molecule has 0 aliphatic heterocycles. The predicted octanol–water partition coefficient (Wildman–Crippen LogP) is 15.9. The zero-order valence-corrected chi connectivity index (χ0v) is 31.5. The van der Waals surface area contributed by atoms with Crippen molar-refractivity contribution in [3.63, 3.8) is 0 Å². The van der Waals surface area contributed by atoms with Crippen molar-refractivity contribution in [1.82, 2.24) is 0 Å². The van der Waals surface area contributed by atoms with E-state index in [-0.39, 0.29) is 0 Å². The van der Waals surface area contributed by atoms with Gasteiger partial charge in [-0.25, -0.2) is 0 Å². The van der Waals surface area contributed by atoms with Crippen LogP contribution in [0, 0.1) is 0 Å². The van der Waals surface area contributed by atoms with Gasteiger partial charge in [0.15, 0.2) is 0 Å². The number of hydrogen-bond acceptors (Lipinski definition) is 2. The molecule has 0 bridgehead atoms. The van der Waals surface area contributed by atoms with Gasteiger partial charge < -0.3 is 4.90 Å². The minimum absolute atomic E-state index is 1.11. The number of anilines is 3. The second kappa shape index (κ2) is 14.7. The molecule has 10 aromatic rings. The van der Waals surface area contributed by atoms with Crippen LogP contribution in [-0.4, -0.2) is 0 Å². The number of rotatable bonds is 8.